The lowest BCUT2D eigenvalue weighted by molar-refractivity contribution is -0.0965. The lowest BCUT2D eigenvalue weighted by Crippen LogP contribution is -2.43. The number of allylic oxidation sites excluding steroid dienone is 2. The molecule has 17 heavy (non-hydrogen) atoms. The van der Waals surface area contributed by atoms with E-state index in [0.717, 1.165) is 24.3 Å². The highest BCUT2D eigenvalue weighted by Gasteiger charge is 2.38. The summed E-state index contributed by atoms with van der Waals surface area (Å²) in [7, 11) is 0. The Kier molecular flexibility index (Phi) is 5.44. The summed E-state index contributed by atoms with van der Waals surface area (Å²) in [5, 5.41) is 1.08. The molecular formula is C14H23BrOS. The van der Waals surface area contributed by atoms with Gasteiger partial charge in [-0.25, -0.2) is 0 Å². The second-order valence-corrected chi connectivity index (χ2v) is 7.28. The van der Waals surface area contributed by atoms with Gasteiger partial charge in [0.1, 0.15) is 0 Å². The Morgan fingerprint density at radius 1 is 1.47 bits per heavy atom. The quantitative estimate of drug-likeness (QED) is 0.563. The maximum absolute atomic E-state index is 6.14. The third-order valence-electron chi connectivity index (χ3n) is 4.12. The van der Waals surface area contributed by atoms with Gasteiger partial charge in [-0.05, 0) is 56.5 Å². The van der Waals surface area contributed by atoms with Crippen LogP contribution in [0.2, 0.25) is 0 Å². The van der Waals surface area contributed by atoms with Gasteiger partial charge in [0.15, 0.2) is 0 Å². The summed E-state index contributed by atoms with van der Waals surface area (Å²) < 4.78 is 6.14. The molecule has 3 heteroatoms. The molecule has 0 aliphatic carbocycles. The summed E-state index contributed by atoms with van der Waals surface area (Å²) in [6.45, 7) is 3.28. The van der Waals surface area contributed by atoms with E-state index in [9.17, 15) is 0 Å². The molecule has 2 aliphatic rings. The molecular weight excluding hydrogens is 296 g/mol. The van der Waals surface area contributed by atoms with Crippen molar-refractivity contribution in [3.8, 4) is 0 Å². The Morgan fingerprint density at radius 2 is 2.24 bits per heavy atom. The molecule has 1 spiro atoms. The Hall–Kier alpha value is 0.530. The van der Waals surface area contributed by atoms with E-state index in [2.05, 4.69) is 40.7 Å². The molecule has 1 nitrogen and oxygen atoms in total. The zero-order valence-corrected chi connectivity index (χ0v) is 13.1. The molecule has 2 heterocycles. The van der Waals surface area contributed by atoms with Gasteiger partial charge in [0, 0.05) is 11.9 Å². The van der Waals surface area contributed by atoms with Crippen molar-refractivity contribution in [2.45, 2.75) is 44.6 Å². The number of halogens is 1. The molecule has 0 aromatic carbocycles. The number of alkyl halides is 1. The van der Waals surface area contributed by atoms with E-state index in [1.54, 1.807) is 5.57 Å². The molecule has 2 aliphatic heterocycles. The summed E-state index contributed by atoms with van der Waals surface area (Å²) >= 11 is 5.59. The van der Waals surface area contributed by atoms with Crippen LogP contribution < -0.4 is 0 Å². The van der Waals surface area contributed by atoms with Crippen LogP contribution in [0.4, 0.5) is 0 Å². The zero-order valence-electron chi connectivity index (χ0n) is 10.7. The van der Waals surface area contributed by atoms with Crippen LogP contribution in [0, 0.1) is 5.92 Å². The molecule has 0 bridgehead atoms. The van der Waals surface area contributed by atoms with E-state index >= 15 is 0 Å². The van der Waals surface area contributed by atoms with Crippen molar-refractivity contribution in [3.63, 3.8) is 0 Å². The van der Waals surface area contributed by atoms with Crippen LogP contribution in [0.15, 0.2) is 11.6 Å². The number of hydrogen-bond acceptors (Lipinski definition) is 2. The predicted molar refractivity (Wildman–Crippen MR) is 80.1 cm³/mol. The van der Waals surface area contributed by atoms with Crippen LogP contribution in [0.25, 0.3) is 0 Å². The van der Waals surface area contributed by atoms with Gasteiger partial charge in [0.25, 0.3) is 0 Å². The minimum Gasteiger partial charge on any atom is -0.375 e. The van der Waals surface area contributed by atoms with E-state index in [1.165, 1.54) is 37.2 Å². The number of rotatable bonds is 3. The molecule has 0 aromatic rings. The molecule has 0 amide bonds. The maximum atomic E-state index is 6.14. The molecule has 2 fully saturated rings. The fourth-order valence-corrected chi connectivity index (χ4v) is 4.42. The Balaban J connectivity index is 1.96. The van der Waals surface area contributed by atoms with Gasteiger partial charge in [-0.2, -0.15) is 11.8 Å². The fourth-order valence-electron chi connectivity index (χ4n) is 2.96. The zero-order chi connectivity index (χ0) is 12.1. The molecule has 0 saturated carbocycles. The normalized spacial score (nSPS) is 29.5. The summed E-state index contributed by atoms with van der Waals surface area (Å²) in [5.74, 6) is 3.35. The minimum atomic E-state index is 0.234. The first-order valence-electron chi connectivity index (χ1n) is 6.70. The van der Waals surface area contributed by atoms with Crippen LogP contribution >= 0.6 is 27.7 Å². The van der Waals surface area contributed by atoms with E-state index < -0.39 is 0 Å². The van der Waals surface area contributed by atoms with Gasteiger partial charge < -0.3 is 4.74 Å². The number of thioether (sulfide) groups is 1. The average Bonchev–Trinajstić information content (AvgIpc) is 2.37. The molecule has 0 radical (unpaired) electrons. The molecule has 1 atom stereocenters. The van der Waals surface area contributed by atoms with E-state index in [1.807, 2.05) is 0 Å². The summed E-state index contributed by atoms with van der Waals surface area (Å²) in [6.07, 6.45) is 8.58. The van der Waals surface area contributed by atoms with Gasteiger partial charge in [-0.1, -0.05) is 27.6 Å². The molecule has 2 rings (SSSR count). The van der Waals surface area contributed by atoms with Crippen molar-refractivity contribution in [1.82, 2.24) is 0 Å². The highest BCUT2D eigenvalue weighted by molar-refractivity contribution is 9.09. The van der Waals surface area contributed by atoms with Crippen LogP contribution in [0.5, 0.6) is 0 Å². The maximum Gasteiger partial charge on any atom is 0.0704 e. The van der Waals surface area contributed by atoms with Crippen LogP contribution in [-0.4, -0.2) is 29.0 Å². The van der Waals surface area contributed by atoms with Gasteiger partial charge in [0.2, 0.25) is 0 Å². The van der Waals surface area contributed by atoms with Crippen molar-refractivity contribution >= 4 is 27.7 Å². The number of hydrogen-bond donors (Lipinski definition) is 0. The largest absolute Gasteiger partial charge is 0.375 e. The molecule has 98 valence electrons. The van der Waals surface area contributed by atoms with E-state index in [0.29, 0.717) is 0 Å². The third-order valence-corrected chi connectivity index (χ3v) is 5.56. The first kappa shape index (κ1) is 14.0. The number of ether oxygens (including phenoxy) is 1. The van der Waals surface area contributed by atoms with Crippen molar-refractivity contribution in [2.24, 2.45) is 5.92 Å². The lowest BCUT2D eigenvalue weighted by Gasteiger charge is -2.43. The van der Waals surface area contributed by atoms with Crippen LogP contribution in [0.3, 0.4) is 0 Å². The second kappa shape index (κ2) is 6.63. The predicted octanol–water partition coefficient (Wildman–Crippen LogP) is 4.41. The molecule has 0 aromatic heterocycles. The average molecular weight is 319 g/mol. The monoisotopic (exact) mass is 318 g/mol. The molecule has 1 unspecified atom stereocenters. The highest BCUT2D eigenvalue weighted by atomic mass is 79.9. The smallest absolute Gasteiger partial charge is 0.0704 e. The third kappa shape index (κ3) is 3.74. The van der Waals surface area contributed by atoms with Gasteiger partial charge in [-0.3, -0.25) is 0 Å². The minimum absolute atomic E-state index is 0.234. The van der Waals surface area contributed by atoms with E-state index in [4.69, 9.17) is 4.74 Å². The van der Waals surface area contributed by atoms with Gasteiger partial charge in [-0.15, -0.1) is 0 Å². The second-order valence-electron chi connectivity index (χ2n) is 5.26. The lowest BCUT2D eigenvalue weighted by atomic mass is 9.79. The molecule has 2 saturated heterocycles. The van der Waals surface area contributed by atoms with E-state index in [-0.39, 0.29) is 5.60 Å². The fraction of sp³-hybridized carbons (Fsp3) is 0.857. The van der Waals surface area contributed by atoms with Crippen molar-refractivity contribution in [3.05, 3.63) is 11.6 Å². The van der Waals surface area contributed by atoms with Gasteiger partial charge in [0.05, 0.1) is 5.60 Å². The van der Waals surface area contributed by atoms with Crippen molar-refractivity contribution < 1.29 is 4.74 Å². The topological polar surface area (TPSA) is 9.23 Å². The highest BCUT2D eigenvalue weighted by Crippen LogP contribution is 2.41. The standard InChI is InChI=1S/C14H23BrOS/c1-12(3-2-7-15)13-4-8-16-14(11-13)5-9-17-10-6-14/h3,13H,2,4-11H2,1H3. The Morgan fingerprint density at radius 3 is 2.94 bits per heavy atom. The van der Waals surface area contributed by atoms with Crippen LogP contribution in [-0.2, 0) is 4.74 Å². The molecule has 0 N–H and O–H groups in total. The Bertz CT molecular complexity index is 266. The summed E-state index contributed by atoms with van der Waals surface area (Å²) in [5.41, 5.74) is 1.82. The first-order valence-corrected chi connectivity index (χ1v) is 8.98. The summed E-state index contributed by atoms with van der Waals surface area (Å²) in [6, 6.07) is 0. The first-order chi connectivity index (χ1) is 8.26. The Labute approximate surface area is 118 Å². The van der Waals surface area contributed by atoms with Crippen molar-refractivity contribution in [1.29, 1.82) is 0 Å². The van der Waals surface area contributed by atoms with Gasteiger partial charge >= 0.3 is 0 Å². The summed E-state index contributed by atoms with van der Waals surface area (Å²) in [4.78, 5) is 0. The van der Waals surface area contributed by atoms with Crippen LogP contribution in [0.1, 0.15) is 39.0 Å². The van der Waals surface area contributed by atoms with Crippen molar-refractivity contribution in [2.75, 3.05) is 23.4 Å². The SMILES string of the molecule is CC(=CCCBr)C1CCOC2(CCSCC2)C1.